The Kier molecular flexibility index (Phi) is 10.6. The predicted octanol–water partition coefficient (Wildman–Crippen LogP) is 5.46. The van der Waals surface area contributed by atoms with Gasteiger partial charge in [0.15, 0.2) is 0 Å². The van der Waals surface area contributed by atoms with Gasteiger partial charge in [0.2, 0.25) is 17.8 Å². The summed E-state index contributed by atoms with van der Waals surface area (Å²) in [5.41, 5.74) is 5.95. The molecule has 0 bridgehead atoms. The number of hydrogen-bond acceptors (Lipinski definition) is 13. The second kappa shape index (κ2) is 15.7. The molecule has 0 spiro atoms. The number of benzene rings is 3. The Morgan fingerprint density at radius 3 is 2.52 bits per heavy atom. The molecule has 0 radical (unpaired) electrons. The molecule has 3 aliphatic heterocycles. The van der Waals surface area contributed by atoms with Crippen LogP contribution in [0.4, 0.5) is 33.2 Å². The van der Waals surface area contributed by atoms with Gasteiger partial charge in [0.1, 0.15) is 36.1 Å². The highest BCUT2D eigenvalue weighted by atomic mass is 79.9. The van der Waals surface area contributed by atoms with Gasteiger partial charge in [-0.25, -0.2) is 9.37 Å². The van der Waals surface area contributed by atoms with E-state index in [1.54, 1.807) is 45.1 Å². The monoisotopic (exact) mass is 870 g/mol. The van der Waals surface area contributed by atoms with Crippen LogP contribution in [-0.2, 0) is 27.2 Å². The predicted molar refractivity (Wildman–Crippen MR) is 223 cm³/mol. The average Bonchev–Trinajstić information content (AvgIpc) is 3.50. The van der Waals surface area contributed by atoms with Crippen LogP contribution in [0, 0.1) is 12.7 Å². The minimum absolute atomic E-state index is 0.159. The second-order valence-electron chi connectivity index (χ2n) is 15.0. The number of piperazine rings is 1. The fourth-order valence-corrected chi connectivity index (χ4v) is 9.55. The lowest BCUT2D eigenvalue weighted by Crippen LogP contribution is -2.52. The highest BCUT2D eigenvalue weighted by Gasteiger charge is 2.39. The molecule has 2 aromatic heterocycles. The summed E-state index contributed by atoms with van der Waals surface area (Å²) in [7, 11) is -1.19. The van der Waals surface area contributed by atoms with Crippen LogP contribution in [0.2, 0.25) is 0 Å². The first-order valence-corrected chi connectivity index (χ1v) is 22.1. The standard InChI is InChI=1S/C40H41BrFN10O5P/c1-22-15-30(47-40-45-19-26(41)37(49-40)46-29-6-5-28-35(44-10-9-43-28)36(29)58(3,4)56)33(57-2)18-32(22)51-13-11-50(12-14-51)20-24-16-23-21-52(39(55)25(23)17-27(24)42)31-7-8-34(53)48-38(31)54/h5-6,9-10,15-19,31H,7-8,11-14,20-21H2,1-4H3,(H,48,53,54)(H2,45,46,47,49). The van der Waals surface area contributed by atoms with Crippen molar-refractivity contribution in [3.8, 4) is 5.75 Å². The molecule has 3 aliphatic rings. The van der Waals surface area contributed by atoms with Gasteiger partial charge < -0.3 is 29.7 Å². The van der Waals surface area contributed by atoms with Crippen LogP contribution in [0.3, 0.4) is 0 Å². The number of imide groups is 1. The summed E-state index contributed by atoms with van der Waals surface area (Å²) in [6.07, 6.45) is 5.23. The number of amides is 3. The minimum Gasteiger partial charge on any atom is -0.494 e. The number of methoxy groups -OCH3 is 1. The number of nitrogens with zero attached hydrogens (tertiary/aromatic N) is 7. The zero-order chi connectivity index (χ0) is 40.9. The average molecular weight is 872 g/mol. The molecule has 3 aromatic carbocycles. The lowest BCUT2D eigenvalue weighted by Gasteiger charge is -2.37. The van der Waals surface area contributed by atoms with Crippen molar-refractivity contribution in [2.24, 2.45) is 0 Å². The molecule has 300 valence electrons. The van der Waals surface area contributed by atoms with E-state index in [9.17, 15) is 18.9 Å². The summed E-state index contributed by atoms with van der Waals surface area (Å²) < 4.78 is 35.3. The van der Waals surface area contributed by atoms with Crippen molar-refractivity contribution in [3.05, 3.63) is 87.5 Å². The first-order valence-electron chi connectivity index (χ1n) is 18.7. The van der Waals surface area contributed by atoms with E-state index in [0.717, 1.165) is 11.3 Å². The number of halogens is 2. The fraction of sp³-hybridized carbons (Fsp3) is 0.325. The maximum Gasteiger partial charge on any atom is 0.255 e. The Bertz CT molecular complexity index is 2550. The Morgan fingerprint density at radius 1 is 1.00 bits per heavy atom. The third kappa shape index (κ3) is 7.73. The topological polar surface area (TPSA) is 175 Å². The molecular weight excluding hydrogens is 830 g/mol. The van der Waals surface area contributed by atoms with Gasteiger partial charge in [-0.05, 0) is 84.1 Å². The van der Waals surface area contributed by atoms with E-state index in [1.807, 2.05) is 31.2 Å². The van der Waals surface area contributed by atoms with E-state index in [2.05, 4.69) is 56.6 Å². The molecule has 3 N–H and O–H groups in total. The van der Waals surface area contributed by atoms with E-state index in [4.69, 9.17) is 9.72 Å². The maximum absolute atomic E-state index is 15.4. The van der Waals surface area contributed by atoms with E-state index in [0.29, 0.717) is 93.6 Å². The molecular formula is C40H41BrFN10O5P. The van der Waals surface area contributed by atoms with Gasteiger partial charge in [-0.1, -0.05) is 0 Å². The van der Waals surface area contributed by atoms with Crippen LogP contribution in [-0.4, -0.2) is 100 Å². The number of rotatable bonds is 10. The number of piperidine rings is 1. The van der Waals surface area contributed by atoms with Crippen molar-refractivity contribution >= 4 is 86.0 Å². The highest BCUT2D eigenvalue weighted by Crippen LogP contribution is 2.42. The van der Waals surface area contributed by atoms with Crippen LogP contribution < -0.4 is 30.9 Å². The number of ether oxygens (including phenoxy) is 1. The Balaban J connectivity index is 0.937. The number of aromatic nitrogens is 4. The fourth-order valence-electron chi connectivity index (χ4n) is 7.86. The van der Waals surface area contributed by atoms with Crippen molar-refractivity contribution in [1.29, 1.82) is 0 Å². The van der Waals surface area contributed by atoms with Crippen LogP contribution in [0.25, 0.3) is 11.0 Å². The number of carbonyl (C=O) groups excluding carboxylic acids is 3. The number of hydrogen-bond donors (Lipinski definition) is 3. The Labute approximate surface area is 342 Å². The smallest absolute Gasteiger partial charge is 0.255 e. The SMILES string of the molecule is COc1cc(N2CCN(Cc3cc4c(cc3F)C(=O)N(C3CCC(=O)NC3=O)C4)CC2)c(C)cc1Nc1ncc(Br)c(Nc2ccc3nccnc3c2P(C)(C)=O)n1. The van der Waals surface area contributed by atoms with Gasteiger partial charge >= 0.3 is 0 Å². The zero-order valence-electron chi connectivity index (χ0n) is 32.3. The molecule has 18 heteroatoms. The van der Waals surface area contributed by atoms with Crippen LogP contribution in [0.1, 0.15) is 39.9 Å². The molecule has 2 fully saturated rings. The molecule has 5 aromatic rings. The number of carbonyl (C=O) groups is 3. The van der Waals surface area contributed by atoms with Gasteiger partial charge in [0.05, 0.1) is 33.8 Å². The summed E-state index contributed by atoms with van der Waals surface area (Å²) in [5, 5.41) is 9.52. The largest absolute Gasteiger partial charge is 0.494 e. The molecule has 1 atom stereocenters. The van der Waals surface area contributed by atoms with Crippen molar-refractivity contribution in [2.75, 3.05) is 62.2 Å². The molecule has 8 rings (SSSR count). The van der Waals surface area contributed by atoms with Crippen molar-refractivity contribution in [1.82, 2.24) is 35.1 Å². The number of aryl methyl sites for hydroxylation is 1. The van der Waals surface area contributed by atoms with Gasteiger partial charge in [0, 0.05) is 87.2 Å². The minimum atomic E-state index is -2.80. The first-order chi connectivity index (χ1) is 27.8. The van der Waals surface area contributed by atoms with E-state index in [-0.39, 0.29) is 30.9 Å². The van der Waals surface area contributed by atoms with Crippen molar-refractivity contribution in [2.45, 2.75) is 38.9 Å². The van der Waals surface area contributed by atoms with E-state index >= 15 is 4.39 Å². The molecule has 15 nitrogen and oxygen atoms in total. The Hall–Kier alpha value is -5.51. The quantitative estimate of drug-likeness (QED) is 0.119. The lowest BCUT2D eigenvalue weighted by molar-refractivity contribution is -0.136. The number of fused-ring (bicyclic) bond motifs is 2. The second-order valence-corrected chi connectivity index (χ2v) is 19.0. The van der Waals surface area contributed by atoms with Crippen molar-refractivity contribution in [3.63, 3.8) is 0 Å². The molecule has 5 heterocycles. The number of nitrogens with one attached hydrogen (secondary N) is 3. The van der Waals surface area contributed by atoms with Gasteiger partial charge in [0.25, 0.3) is 5.91 Å². The van der Waals surface area contributed by atoms with Crippen LogP contribution >= 0.6 is 23.1 Å². The summed E-state index contributed by atoms with van der Waals surface area (Å²) >= 11 is 3.55. The summed E-state index contributed by atoms with van der Waals surface area (Å²) in [6, 6.07) is 9.89. The normalized spacial score (nSPS) is 17.4. The zero-order valence-corrected chi connectivity index (χ0v) is 34.8. The summed E-state index contributed by atoms with van der Waals surface area (Å²) in [5.74, 6) is -0.324. The molecule has 58 heavy (non-hydrogen) atoms. The van der Waals surface area contributed by atoms with E-state index < -0.39 is 30.8 Å². The van der Waals surface area contributed by atoms with E-state index in [1.165, 1.54) is 11.0 Å². The van der Waals surface area contributed by atoms with Gasteiger partial charge in [-0.2, -0.15) is 4.98 Å². The van der Waals surface area contributed by atoms with Crippen molar-refractivity contribution < 1.29 is 28.1 Å². The Morgan fingerprint density at radius 2 is 1.78 bits per heavy atom. The summed E-state index contributed by atoms with van der Waals surface area (Å²) in [6.45, 7) is 8.75. The number of anilines is 5. The third-order valence-electron chi connectivity index (χ3n) is 10.7. The summed E-state index contributed by atoms with van der Waals surface area (Å²) in [4.78, 5) is 61.2. The van der Waals surface area contributed by atoms with Crippen LogP contribution in [0.5, 0.6) is 5.75 Å². The molecule has 0 aliphatic carbocycles. The third-order valence-corrected chi connectivity index (χ3v) is 12.8. The lowest BCUT2D eigenvalue weighted by atomic mass is 10.0. The maximum atomic E-state index is 15.4. The highest BCUT2D eigenvalue weighted by molar-refractivity contribution is 9.10. The first kappa shape index (κ1) is 39.3. The molecule has 3 amide bonds. The molecule has 1 unspecified atom stereocenters. The van der Waals surface area contributed by atoms with Gasteiger partial charge in [-0.15, -0.1) is 0 Å². The van der Waals surface area contributed by atoms with Crippen LogP contribution in [0.15, 0.2) is 59.5 Å². The van der Waals surface area contributed by atoms with Gasteiger partial charge in [-0.3, -0.25) is 34.6 Å². The molecule has 0 saturated carbocycles. The molecule has 2 saturated heterocycles.